The lowest BCUT2D eigenvalue weighted by atomic mass is 10.1. The Bertz CT molecular complexity index is 895. The zero-order valence-electron chi connectivity index (χ0n) is 21.4. The summed E-state index contributed by atoms with van der Waals surface area (Å²) in [5, 5.41) is 2.65. The summed E-state index contributed by atoms with van der Waals surface area (Å²) >= 11 is 0. The van der Waals surface area contributed by atoms with E-state index >= 15 is 0 Å². The van der Waals surface area contributed by atoms with Crippen LogP contribution in [0.25, 0.3) is 0 Å². The summed E-state index contributed by atoms with van der Waals surface area (Å²) in [6, 6.07) is 4.56. The van der Waals surface area contributed by atoms with E-state index in [2.05, 4.69) is 5.32 Å². The number of hydrogen-bond acceptors (Lipinski definition) is 8. The van der Waals surface area contributed by atoms with Gasteiger partial charge in [0.25, 0.3) is 11.7 Å². The fourth-order valence-electron chi connectivity index (χ4n) is 2.81. The van der Waals surface area contributed by atoms with Crippen molar-refractivity contribution in [3.05, 3.63) is 29.3 Å². The Balaban J connectivity index is 3.37. The van der Waals surface area contributed by atoms with E-state index in [0.717, 1.165) is 0 Å². The van der Waals surface area contributed by atoms with Gasteiger partial charge < -0.3 is 34.0 Å². The normalized spacial score (nSPS) is 12.0. The topological polar surface area (TPSA) is 120 Å². The van der Waals surface area contributed by atoms with Crippen LogP contribution in [0.5, 0.6) is 0 Å². The molecular weight excluding hydrogens is 444 g/mol. The van der Waals surface area contributed by atoms with E-state index in [1.165, 1.54) is 31.3 Å². The molecule has 0 unspecified atom stereocenters. The molecule has 0 heterocycles. The second-order valence-electron chi connectivity index (χ2n) is 9.70. The average molecular weight is 481 g/mol. The predicted octanol–water partition coefficient (Wildman–Crippen LogP) is 3.53. The van der Waals surface area contributed by atoms with Crippen molar-refractivity contribution in [1.82, 2.24) is 4.90 Å². The minimum absolute atomic E-state index is 0.0553. The van der Waals surface area contributed by atoms with Crippen LogP contribution in [0, 0.1) is 0 Å². The number of esters is 1. The molecule has 10 heteroatoms. The van der Waals surface area contributed by atoms with Crippen LogP contribution in [-0.4, -0.2) is 67.4 Å². The molecule has 0 radical (unpaired) electrons. The number of benzene rings is 1. The molecule has 34 heavy (non-hydrogen) atoms. The molecule has 0 saturated carbocycles. The van der Waals surface area contributed by atoms with Gasteiger partial charge in [0.1, 0.15) is 17.5 Å². The number of carbonyl (C=O) groups is 4. The number of hydrogen-bond donors (Lipinski definition) is 1. The molecule has 0 aliphatic rings. The standard InChI is InChI=1S/C24H36N2O8/c1-22(2,3)33-19(28)16-10-11-17(15-26(7)21(30)34-23(4,5)6)18(14-16)25-20(29)24(31-8,32-9)12-13-27/h10-11,13-14H,12,15H2,1-9H3,(H,25,29). The lowest BCUT2D eigenvalue weighted by Crippen LogP contribution is -2.47. The molecule has 0 bridgehead atoms. The van der Waals surface area contributed by atoms with Gasteiger partial charge in [-0.05, 0) is 59.2 Å². The molecule has 1 N–H and O–H groups in total. The third-order valence-corrected chi connectivity index (χ3v) is 4.46. The summed E-state index contributed by atoms with van der Waals surface area (Å²) in [5.41, 5.74) is -0.505. The van der Waals surface area contributed by atoms with Crippen LogP contribution in [-0.2, 0) is 35.1 Å². The highest BCUT2D eigenvalue weighted by Gasteiger charge is 2.39. The van der Waals surface area contributed by atoms with E-state index in [9.17, 15) is 19.2 Å². The van der Waals surface area contributed by atoms with Crippen molar-refractivity contribution < 1.29 is 38.1 Å². The third-order valence-electron chi connectivity index (χ3n) is 4.46. The minimum Gasteiger partial charge on any atom is -0.456 e. The summed E-state index contributed by atoms with van der Waals surface area (Å²) in [4.78, 5) is 50.5. The van der Waals surface area contributed by atoms with E-state index in [1.54, 1.807) is 54.7 Å². The molecule has 0 aromatic heterocycles. The van der Waals surface area contributed by atoms with Crippen molar-refractivity contribution >= 4 is 29.9 Å². The van der Waals surface area contributed by atoms with Crippen LogP contribution < -0.4 is 5.32 Å². The first kappa shape index (κ1) is 29.1. The highest BCUT2D eigenvalue weighted by atomic mass is 16.7. The Hall–Kier alpha value is -2.98. The van der Waals surface area contributed by atoms with Gasteiger partial charge in [-0.1, -0.05) is 6.07 Å². The monoisotopic (exact) mass is 480 g/mol. The highest BCUT2D eigenvalue weighted by molar-refractivity contribution is 5.99. The molecule has 1 aromatic rings. The molecule has 1 rings (SSSR count). The summed E-state index contributed by atoms with van der Waals surface area (Å²) in [6.45, 7) is 10.5. The molecular formula is C24H36N2O8. The fourth-order valence-corrected chi connectivity index (χ4v) is 2.81. The number of nitrogens with zero attached hydrogens (tertiary/aromatic N) is 1. The molecule has 0 fully saturated rings. The van der Waals surface area contributed by atoms with Gasteiger partial charge in [0, 0.05) is 27.0 Å². The van der Waals surface area contributed by atoms with Gasteiger partial charge in [-0.25, -0.2) is 9.59 Å². The highest BCUT2D eigenvalue weighted by Crippen LogP contribution is 2.25. The number of amides is 2. The molecule has 0 spiro atoms. The molecule has 10 nitrogen and oxygen atoms in total. The van der Waals surface area contributed by atoms with Crippen molar-refractivity contribution in [2.24, 2.45) is 0 Å². The zero-order valence-corrected chi connectivity index (χ0v) is 21.4. The Labute approximate surface area is 200 Å². The minimum atomic E-state index is -1.86. The molecule has 0 aliphatic carbocycles. The van der Waals surface area contributed by atoms with Crippen LogP contribution in [0.2, 0.25) is 0 Å². The van der Waals surface area contributed by atoms with Gasteiger partial charge in [-0.2, -0.15) is 0 Å². The lowest BCUT2D eigenvalue weighted by molar-refractivity contribution is -0.205. The van der Waals surface area contributed by atoms with Crippen molar-refractivity contribution in [3.63, 3.8) is 0 Å². The average Bonchev–Trinajstić information content (AvgIpc) is 2.70. The molecule has 2 amide bonds. The fraction of sp³-hybridized carbons (Fsp3) is 0.583. The maximum Gasteiger partial charge on any atom is 0.410 e. The van der Waals surface area contributed by atoms with Crippen LogP contribution >= 0.6 is 0 Å². The Kier molecular flexibility index (Phi) is 9.77. The Morgan fingerprint density at radius 3 is 2.00 bits per heavy atom. The number of anilines is 1. The van der Waals surface area contributed by atoms with Gasteiger partial charge in [-0.3, -0.25) is 4.79 Å². The summed E-state index contributed by atoms with van der Waals surface area (Å²) in [6.07, 6.45) is -0.420. The maximum absolute atomic E-state index is 13.0. The third kappa shape index (κ3) is 8.42. The summed E-state index contributed by atoms with van der Waals surface area (Å²) < 4.78 is 21.1. The lowest BCUT2D eigenvalue weighted by Gasteiger charge is -2.29. The van der Waals surface area contributed by atoms with Gasteiger partial charge in [-0.15, -0.1) is 0 Å². The predicted molar refractivity (Wildman–Crippen MR) is 125 cm³/mol. The van der Waals surface area contributed by atoms with Gasteiger partial charge in [0.15, 0.2) is 0 Å². The summed E-state index contributed by atoms with van der Waals surface area (Å²) in [7, 11) is 4.02. The van der Waals surface area contributed by atoms with Crippen molar-refractivity contribution in [2.75, 3.05) is 26.6 Å². The first-order valence-electron chi connectivity index (χ1n) is 10.7. The zero-order chi connectivity index (χ0) is 26.3. The van der Waals surface area contributed by atoms with E-state index in [1.807, 2.05) is 0 Å². The van der Waals surface area contributed by atoms with Crippen molar-refractivity contribution in [2.45, 2.75) is 71.5 Å². The number of aldehydes is 1. The van der Waals surface area contributed by atoms with E-state index in [4.69, 9.17) is 18.9 Å². The molecule has 1 aromatic carbocycles. The Morgan fingerprint density at radius 2 is 1.53 bits per heavy atom. The largest absolute Gasteiger partial charge is 0.456 e. The number of carbonyl (C=O) groups excluding carboxylic acids is 4. The first-order valence-corrected chi connectivity index (χ1v) is 10.7. The van der Waals surface area contributed by atoms with Gasteiger partial charge >= 0.3 is 12.1 Å². The summed E-state index contributed by atoms with van der Waals surface area (Å²) in [5.74, 6) is -3.21. The van der Waals surface area contributed by atoms with E-state index < -0.39 is 35.0 Å². The number of rotatable bonds is 9. The van der Waals surface area contributed by atoms with Crippen LogP contribution in [0.1, 0.15) is 63.9 Å². The molecule has 0 saturated heterocycles. The SMILES string of the molecule is COC(CC=O)(OC)C(=O)Nc1cc(C(=O)OC(C)(C)C)ccc1CN(C)C(=O)OC(C)(C)C. The van der Waals surface area contributed by atoms with Crippen molar-refractivity contribution in [1.29, 1.82) is 0 Å². The first-order chi connectivity index (χ1) is 15.6. The van der Waals surface area contributed by atoms with Crippen molar-refractivity contribution in [3.8, 4) is 0 Å². The quantitative estimate of drug-likeness (QED) is 0.324. The smallest absolute Gasteiger partial charge is 0.410 e. The van der Waals surface area contributed by atoms with E-state index in [0.29, 0.717) is 11.8 Å². The molecule has 0 atom stereocenters. The Morgan fingerprint density at radius 1 is 0.971 bits per heavy atom. The van der Waals surface area contributed by atoms with E-state index in [-0.39, 0.29) is 24.2 Å². The molecule has 190 valence electrons. The second kappa shape index (κ2) is 11.4. The van der Waals surface area contributed by atoms with Gasteiger partial charge in [0.05, 0.1) is 18.5 Å². The maximum atomic E-state index is 13.0. The number of nitrogens with one attached hydrogen (secondary N) is 1. The van der Waals surface area contributed by atoms with Crippen LogP contribution in [0.3, 0.4) is 0 Å². The molecule has 0 aliphatic heterocycles. The number of methoxy groups -OCH3 is 2. The number of ether oxygens (including phenoxy) is 4. The van der Waals surface area contributed by atoms with Crippen LogP contribution in [0.15, 0.2) is 18.2 Å². The second-order valence-corrected chi connectivity index (χ2v) is 9.70. The van der Waals surface area contributed by atoms with Gasteiger partial charge in [0.2, 0.25) is 0 Å². The van der Waals surface area contributed by atoms with Crippen LogP contribution in [0.4, 0.5) is 10.5 Å².